The van der Waals surface area contributed by atoms with E-state index in [4.69, 9.17) is 9.47 Å². The van der Waals surface area contributed by atoms with Crippen LogP contribution in [0, 0.1) is 0 Å². The monoisotopic (exact) mass is 362 g/mol. The molecule has 0 atom stereocenters. The van der Waals surface area contributed by atoms with Crippen LogP contribution >= 0.6 is 22.7 Å². The molecule has 126 valence electrons. The van der Waals surface area contributed by atoms with Crippen molar-refractivity contribution in [3.05, 3.63) is 22.9 Å². The van der Waals surface area contributed by atoms with Crippen molar-refractivity contribution in [2.45, 2.75) is 39.5 Å². The minimum atomic E-state index is -0.240. The number of rotatable bonds is 6. The first-order chi connectivity index (χ1) is 11.7. The molecule has 0 fully saturated rings. The summed E-state index contributed by atoms with van der Waals surface area (Å²) >= 11 is 2.97. The number of carbonyl (C=O) groups is 2. The van der Waals surface area contributed by atoms with Gasteiger partial charge in [-0.25, -0.2) is 0 Å². The molecular formula is C18H18O4S2. The predicted octanol–water partition coefficient (Wildman–Crippen LogP) is 5.53. The second-order valence-electron chi connectivity index (χ2n) is 5.43. The summed E-state index contributed by atoms with van der Waals surface area (Å²) < 4.78 is 13.0. The van der Waals surface area contributed by atoms with E-state index in [1.54, 1.807) is 0 Å². The summed E-state index contributed by atoms with van der Waals surface area (Å²) in [6, 6.07) is 3.82. The van der Waals surface area contributed by atoms with Gasteiger partial charge in [-0.05, 0) is 35.7 Å². The van der Waals surface area contributed by atoms with E-state index in [9.17, 15) is 9.59 Å². The highest BCUT2D eigenvalue weighted by Crippen LogP contribution is 2.47. The first kappa shape index (κ1) is 16.9. The van der Waals surface area contributed by atoms with E-state index in [0.29, 0.717) is 24.3 Å². The number of ether oxygens (including phenoxy) is 2. The summed E-state index contributed by atoms with van der Waals surface area (Å²) in [4.78, 5) is 24.0. The van der Waals surface area contributed by atoms with E-state index in [1.165, 1.54) is 22.7 Å². The van der Waals surface area contributed by atoms with Gasteiger partial charge in [0.2, 0.25) is 0 Å². The molecule has 0 spiro atoms. The maximum atomic E-state index is 12.0. The van der Waals surface area contributed by atoms with E-state index in [2.05, 4.69) is 0 Å². The molecule has 0 aliphatic heterocycles. The number of thiophene rings is 2. The average molecular weight is 362 g/mol. The van der Waals surface area contributed by atoms with Gasteiger partial charge in [0.25, 0.3) is 0 Å². The van der Waals surface area contributed by atoms with Gasteiger partial charge in [0.05, 0.1) is 9.40 Å². The third kappa shape index (κ3) is 3.16. The lowest BCUT2D eigenvalue weighted by atomic mass is 10.1. The highest BCUT2D eigenvalue weighted by Gasteiger charge is 2.21. The summed E-state index contributed by atoms with van der Waals surface area (Å²) in [5.74, 6) is 0.667. The van der Waals surface area contributed by atoms with Crippen LogP contribution in [-0.4, -0.2) is 11.9 Å². The average Bonchev–Trinajstić information content (AvgIpc) is 3.20. The van der Waals surface area contributed by atoms with Gasteiger partial charge in [0.15, 0.2) is 11.5 Å². The molecule has 2 heterocycles. The molecule has 2 aromatic heterocycles. The molecule has 0 N–H and O–H groups in total. The molecule has 0 bridgehead atoms. The summed E-state index contributed by atoms with van der Waals surface area (Å²) in [6.45, 7) is 3.89. The number of carbonyl (C=O) groups excluding carboxylic acids is 2. The number of fused-ring (bicyclic) bond motifs is 2. The first-order valence-corrected chi connectivity index (χ1v) is 9.73. The molecule has 0 saturated heterocycles. The van der Waals surface area contributed by atoms with Crippen LogP contribution in [0.1, 0.15) is 39.5 Å². The fourth-order valence-corrected chi connectivity index (χ4v) is 4.29. The van der Waals surface area contributed by atoms with Crippen LogP contribution in [0.15, 0.2) is 22.9 Å². The third-order valence-corrected chi connectivity index (χ3v) is 5.40. The van der Waals surface area contributed by atoms with Crippen molar-refractivity contribution in [1.82, 2.24) is 0 Å². The molecular weight excluding hydrogens is 344 g/mol. The van der Waals surface area contributed by atoms with Gasteiger partial charge < -0.3 is 9.47 Å². The van der Waals surface area contributed by atoms with Crippen LogP contribution in [0.5, 0.6) is 11.5 Å². The normalized spacial score (nSPS) is 11.1. The van der Waals surface area contributed by atoms with Gasteiger partial charge in [0.1, 0.15) is 0 Å². The smallest absolute Gasteiger partial charge is 0.311 e. The van der Waals surface area contributed by atoms with Crippen molar-refractivity contribution in [2.75, 3.05) is 0 Å². The quantitative estimate of drug-likeness (QED) is 0.427. The molecule has 6 heteroatoms. The van der Waals surface area contributed by atoms with Gasteiger partial charge in [-0.1, -0.05) is 13.8 Å². The Morgan fingerprint density at radius 1 is 0.833 bits per heavy atom. The van der Waals surface area contributed by atoms with Crippen molar-refractivity contribution in [3.8, 4) is 11.5 Å². The SMILES string of the molecule is CCCC(=O)Oc1c2ccsc2c(OC(=O)CCC)c2ccsc12. The summed E-state index contributed by atoms with van der Waals surface area (Å²) in [5.41, 5.74) is 0. The van der Waals surface area contributed by atoms with Crippen LogP contribution in [0.3, 0.4) is 0 Å². The van der Waals surface area contributed by atoms with Crippen molar-refractivity contribution >= 4 is 54.8 Å². The Morgan fingerprint density at radius 2 is 1.25 bits per heavy atom. The molecule has 0 aliphatic rings. The van der Waals surface area contributed by atoms with Gasteiger partial charge in [0, 0.05) is 23.6 Å². The van der Waals surface area contributed by atoms with Crippen LogP contribution in [0.2, 0.25) is 0 Å². The lowest BCUT2D eigenvalue weighted by molar-refractivity contribution is -0.135. The van der Waals surface area contributed by atoms with Crippen molar-refractivity contribution in [3.63, 3.8) is 0 Å². The Balaban J connectivity index is 2.13. The maximum absolute atomic E-state index is 12.0. The minimum absolute atomic E-state index is 0.240. The number of hydrogen-bond donors (Lipinski definition) is 0. The molecule has 0 unspecified atom stereocenters. The van der Waals surface area contributed by atoms with Crippen molar-refractivity contribution < 1.29 is 19.1 Å². The lowest BCUT2D eigenvalue weighted by Crippen LogP contribution is -2.09. The lowest BCUT2D eigenvalue weighted by Gasteiger charge is -2.11. The summed E-state index contributed by atoms with van der Waals surface area (Å²) in [5, 5.41) is 5.47. The molecule has 0 aliphatic carbocycles. The van der Waals surface area contributed by atoms with Crippen LogP contribution in [-0.2, 0) is 9.59 Å². The van der Waals surface area contributed by atoms with Crippen LogP contribution in [0.4, 0.5) is 0 Å². The van der Waals surface area contributed by atoms with E-state index in [1.807, 2.05) is 36.7 Å². The number of hydrogen-bond acceptors (Lipinski definition) is 6. The minimum Gasteiger partial charge on any atom is -0.424 e. The molecule has 3 aromatic rings. The number of benzene rings is 1. The zero-order valence-corrected chi connectivity index (χ0v) is 15.2. The first-order valence-electron chi connectivity index (χ1n) is 7.97. The molecule has 0 amide bonds. The molecule has 0 saturated carbocycles. The Morgan fingerprint density at radius 3 is 1.62 bits per heavy atom. The second kappa shape index (κ2) is 7.32. The van der Waals surface area contributed by atoms with Gasteiger partial charge in [-0.2, -0.15) is 0 Å². The Labute approximate surface area is 148 Å². The van der Waals surface area contributed by atoms with Crippen LogP contribution in [0.25, 0.3) is 20.2 Å². The molecule has 4 nitrogen and oxygen atoms in total. The Bertz CT molecular complexity index is 770. The molecule has 1 aromatic carbocycles. The fourth-order valence-electron chi connectivity index (χ4n) is 2.51. The molecule has 24 heavy (non-hydrogen) atoms. The summed E-state index contributed by atoms with van der Waals surface area (Å²) in [6.07, 6.45) is 2.25. The third-order valence-electron chi connectivity index (χ3n) is 3.57. The van der Waals surface area contributed by atoms with E-state index >= 15 is 0 Å². The van der Waals surface area contributed by atoms with Gasteiger partial charge in [-0.15, -0.1) is 22.7 Å². The number of esters is 2. The van der Waals surface area contributed by atoms with Crippen LogP contribution < -0.4 is 9.47 Å². The zero-order valence-electron chi connectivity index (χ0n) is 13.6. The highest BCUT2D eigenvalue weighted by molar-refractivity contribution is 7.19. The van der Waals surface area contributed by atoms with Crippen molar-refractivity contribution in [1.29, 1.82) is 0 Å². The largest absolute Gasteiger partial charge is 0.424 e. The van der Waals surface area contributed by atoms with Gasteiger partial charge in [-0.3, -0.25) is 9.59 Å². The van der Waals surface area contributed by atoms with E-state index < -0.39 is 0 Å². The van der Waals surface area contributed by atoms with E-state index in [0.717, 1.165) is 33.0 Å². The fraction of sp³-hybridized carbons (Fsp3) is 0.333. The highest BCUT2D eigenvalue weighted by atomic mass is 32.1. The Hall–Kier alpha value is -1.92. The van der Waals surface area contributed by atoms with Crippen molar-refractivity contribution in [2.24, 2.45) is 0 Å². The Kier molecular flexibility index (Phi) is 5.16. The predicted molar refractivity (Wildman–Crippen MR) is 98.3 cm³/mol. The van der Waals surface area contributed by atoms with Gasteiger partial charge >= 0.3 is 11.9 Å². The zero-order chi connectivity index (χ0) is 17.1. The van der Waals surface area contributed by atoms with E-state index in [-0.39, 0.29) is 11.9 Å². The second-order valence-corrected chi connectivity index (χ2v) is 7.27. The standard InChI is InChI=1S/C18H18O4S2/c1-3-5-13(19)21-15-11-7-9-24-18(11)16(22-14(20)6-4-2)12-8-10-23-17(12)15/h7-10H,3-6H2,1-2H3. The molecule has 3 rings (SSSR count). The summed E-state index contributed by atoms with van der Waals surface area (Å²) in [7, 11) is 0. The topological polar surface area (TPSA) is 52.6 Å². The maximum Gasteiger partial charge on any atom is 0.311 e. The molecule has 0 radical (unpaired) electrons.